The molecule has 2 rings (SSSR count). The summed E-state index contributed by atoms with van der Waals surface area (Å²) in [6.07, 6.45) is 0.628. The summed E-state index contributed by atoms with van der Waals surface area (Å²) in [5.74, 6) is -0.595. The third-order valence-electron chi connectivity index (χ3n) is 3.38. The van der Waals surface area contributed by atoms with Gasteiger partial charge < -0.3 is 10.1 Å². The lowest BCUT2D eigenvalue weighted by atomic mass is 10.2. The Morgan fingerprint density at radius 2 is 2.09 bits per heavy atom. The van der Waals surface area contributed by atoms with E-state index >= 15 is 0 Å². The molecule has 0 aliphatic carbocycles. The first-order valence-corrected chi connectivity index (χ1v) is 9.09. The first kappa shape index (κ1) is 17.3. The van der Waals surface area contributed by atoms with Crippen LogP contribution in [0.3, 0.4) is 0 Å². The van der Waals surface area contributed by atoms with Crippen molar-refractivity contribution in [2.24, 2.45) is 0 Å². The summed E-state index contributed by atoms with van der Waals surface area (Å²) in [5.41, 5.74) is 1.03. The molecule has 1 amide bonds. The molecule has 0 atom stereocenters. The van der Waals surface area contributed by atoms with Crippen LogP contribution in [0.4, 0.5) is 11.4 Å². The second-order valence-corrected chi connectivity index (χ2v) is 7.16. The molecule has 1 fully saturated rings. The number of benzene rings is 1. The third kappa shape index (κ3) is 4.69. The first-order valence-electron chi connectivity index (χ1n) is 7.48. The molecule has 1 aliphatic rings. The van der Waals surface area contributed by atoms with Gasteiger partial charge in [-0.15, -0.1) is 0 Å². The average molecular weight is 340 g/mol. The number of esters is 1. The van der Waals surface area contributed by atoms with E-state index < -0.39 is 16.0 Å². The van der Waals surface area contributed by atoms with E-state index in [4.69, 9.17) is 4.74 Å². The molecule has 1 aliphatic heterocycles. The Morgan fingerprint density at radius 1 is 1.30 bits per heavy atom. The van der Waals surface area contributed by atoms with Gasteiger partial charge in [0.15, 0.2) is 0 Å². The lowest BCUT2D eigenvalue weighted by Crippen LogP contribution is -2.25. The van der Waals surface area contributed by atoms with Crippen LogP contribution in [0.5, 0.6) is 0 Å². The van der Waals surface area contributed by atoms with E-state index in [9.17, 15) is 18.0 Å². The van der Waals surface area contributed by atoms with Crippen molar-refractivity contribution >= 4 is 33.3 Å². The van der Waals surface area contributed by atoms with Crippen LogP contribution < -0.4 is 9.62 Å². The maximum atomic E-state index is 11.9. The van der Waals surface area contributed by atoms with Crippen LogP contribution in [0.15, 0.2) is 24.3 Å². The molecular weight excluding hydrogens is 320 g/mol. The van der Waals surface area contributed by atoms with E-state index in [-0.39, 0.29) is 31.1 Å². The van der Waals surface area contributed by atoms with Crippen LogP contribution in [-0.2, 0) is 24.3 Å². The van der Waals surface area contributed by atoms with Crippen LogP contribution in [0.2, 0.25) is 0 Å². The third-order valence-corrected chi connectivity index (χ3v) is 5.25. The quantitative estimate of drug-likeness (QED) is 0.792. The smallest absolute Gasteiger partial charge is 0.306 e. The minimum atomic E-state index is -3.25. The fraction of sp³-hybridized carbons (Fsp3) is 0.467. The van der Waals surface area contributed by atoms with Crippen molar-refractivity contribution in [3.63, 3.8) is 0 Å². The molecule has 0 spiro atoms. The molecule has 0 bridgehead atoms. The monoisotopic (exact) mass is 340 g/mol. The standard InChI is InChI=1S/C15H20N2O5S/c1-2-22-15(19)8-7-14(18)16-12-5-3-6-13(11-12)17-9-4-10-23(17,20)21/h3,5-6,11H,2,4,7-10H2,1H3,(H,16,18). The van der Waals surface area contributed by atoms with Gasteiger partial charge >= 0.3 is 5.97 Å². The molecule has 126 valence electrons. The predicted octanol–water partition coefficient (Wildman–Crippen LogP) is 1.51. The fourth-order valence-electron chi connectivity index (χ4n) is 2.34. The van der Waals surface area contributed by atoms with E-state index in [2.05, 4.69) is 5.32 Å². The number of hydrogen-bond acceptors (Lipinski definition) is 5. The Morgan fingerprint density at radius 3 is 2.74 bits per heavy atom. The first-order chi connectivity index (χ1) is 10.9. The Hall–Kier alpha value is -2.09. The number of sulfonamides is 1. The van der Waals surface area contributed by atoms with Crippen molar-refractivity contribution in [2.45, 2.75) is 26.2 Å². The Labute approximate surface area is 135 Å². The highest BCUT2D eigenvalue weighted by Crippen LogP contribution is 2.26. The highest BCUT2D eigenvalue weighted by Gasteiger charge is 2.28. The number of anilines is 2. The van der Waals surface area contributed by atoms with E-state index in [0.717, 1.165) is 0 Å². The van der Waals surface area contributed by atoms with Crippen molar-refractivity contribution in [3.8, 4) is 0 Å². The zero-order chi connectivity index (χ0) is 16.9. The summed E-state index contributed by atoms with van der Waals surface area (Å²) in [4.78, 5) is 23.1. The molecule has 8 heteroatoms. The van der Waals surface area contributed by atoms with Gasteiger partial charge in [-0.1, -0.05) is 6.07 Å². The maximum absolute atomic E-state index is 11.9. The average Bonchev–Trinajstić information content (AvgIpc) is 2.85. The number of ether oxygens (including phenoxy) is 1. The normalized spacial score (nSPS) is 16.1. The van der Waals surface area contributed by atoms with Gasteiger partial charge in [0.25, 0.3) is 0 Å². The molecule has 1 saturated heterocycles. The molecule has 7 nitrogen and oxygen atoms in total. The van der Waals surface area contributed by atoms with Gasteiger partial charge in [-0.05, 0) is 31.5 Å². The van der Waals surface area contributed by atoms with E-state index in [0.29, 0.717) is 24.3 Å². The van der Waals surface area contributed by atoms with Gasteiger partial charge in [-0.25, -0.2) is 8.42 Å². The van der Waals surface area contributed by atoms with Crippen molar-refractivity contribution in [1.82, 2.24) is 0 Å². The van der Waals surface area contributed by atoms with Gasteiger partial charge in [0, 0.05) is 18.7 Å². The fourth-order valence-corrected chi connectivity index (χ4v) is 3.90. The highest BCUT2D eigenvalue weighted by atomic mass is 32.2. The molecule has 23 heavy (non-hydrogen) atoms. The summed E-state index contributed by atoms with van der Waals surface area (Å²) >= 11 is 0. The number of hydrogen-bond donors (Lipinski definition) is 1. The van der Waals surface area contributed by atoms with Crippen LogP contribution in [-0.4, -0.2) is 39.2 Å². The second kappa shape index (κ2) is 7.45. The Kier molecular flexibility index (Phi) is 5.59. The largest absolute Gasteiger partial charge is 0.466 e. The molecule has 0 radical (unpaired) electrons. The van der Waals surface area contributed by atoms with E-state index in [1.54, 1.807) is 31.2 Å². The van der Waals surface area contributed by atoms with Crippen LogP contribution in [0, 0.1) is 0 Å². The lowest BCUT2D eigenvalue weighted by molar-refractivity contribution is -0.144. The van der Waals surface area contributed by atoms with Gasteiger partial charge in [0.05, 0.1) is 24.5 Å². The molecule has 0 saturated carbocycles. The Bertz CT molecular complexity index is 687. The van der Waals surface area contributed by atoms with Gasteiger partial charge in [-0.2, -0.15) is 0 Å². The second-order valence-electron chi connectivity index (χ2n) is 5.15. The van der Waals surface area contributed by atoms with Crippen molar-refractivity contribution in [1.29, 1.82) is 0 Å². The Balaban J connectivity index is 1.98. The highest BCUT2D eigenvalue weighted by molar-refractivity contribution is 7.93. The predicted molar refractivity (Wildman–Crippen MR) is 86.7 cm³/mol. The topological polar surface area (TPSA) is 92.8 Å². The summed E-state index contributed by atoms with van der Waals surface area (Å²) < 4.78 is 30.0. The van der Waals surface area contributed by atoms with Gasteiger partial charge in [0.2, 0.25) is 15.9 Å². The van der Waals surface area contributed by atoms with Crippen LogP contribution in [0.25, 0.3) is 0 Å². The molecule has 1 aromatic carbocycles. The zero-order valence-corrected chi connectivity index (χ0v) is 13.8. The number of carbonyl (C=O) groups excluding carboxylic acids is 2. The summed E-state index contributed by atoms with van der Waals surface area (Å²) in [5, 5.41) is 2.66. The summed E-state index contributed by atoms with van der Waals surface area (Å²) in [6.45, 7) is 2.44. The van der Waals surface area contributed by atoms with Crippen LogP contribution >= 0.6 is 0 Å². The molecule has 1 N–H and O–H groups in total. The number of amides is 1. The SMILES string of the molecule is CCOC(=O)CCC(=O)Nc1cccc(N2CCCS2(=O)=O)c1. The summed E-state index contributed by atoms with van der Waals surface area (Å²) in [6, 6.07) is 6.67. The minimum Gasteiger partial charge on any atom is -0.466 e. The molecular formula is C15H20N2O5S. The van der Waals surface area contributed by atoms with Crippen LogP contribution in [0.1, 0.15) is 26.2 Å². The number of nitrogens with zero attached hydrogens (tertiary/aromatic N) is 1. The molecule has 1 heterocycles. The number of nitrogens with one attached hydrogen (secondary N) is 1. The van der Waals surface area contributed by atoms with Crippen molar-refractivity contribution in [3.05, 3.63) is 24.3 Å². The summed E-state index contributed by atoms with van der Waals surface area (Å²) in [7, 11) is -3.25. The zero-order valence-electron chi connectivity index (χ0n) is 12.9. The van der Waals surface area contributed by atoms with E-state index in [1.165, 1.54) is 4.31 Å². The maximum Gasteiger partial charge on any atom is 0.306 e. The minimum absolute atomic E-state index is 0.0138. The van der Waals surface area contributed by atoms with Crippen molar-refractivity contribution < 1.29 is 22.7 Å². The number of carbonyl (C=O) groups is 2. The molecule has 0 aromatic heterocycles. The molecule has 0 unspecified atom stereocenters. The number of rotatable bonds is 6. The van der Waals surface area contributed by atoms with Crippen molar-refractivity contribution in [2.75, 3.05) is 28.5 Å². The lowest BCUT2D eigenvalue weighted by Gasteiger charge is -2.17. The van der Waals surface area contributed by atoms with E-state index in [1.807, 2.05) is 0 Å². The molecule has 1 aromatic rings. The van der Waals surface area contributed by atoms with Gasteiger partial charge in [-0.3, -0.25) is 13.9 Å². The van der Waals surface area contributed by atoms with Gasteiger partial charge in [0.1, 0.15) is 0 Å².